The lowest BCUT2D eigenvalue weighted by molar-refractivity contribution is -0.145. The number of hydrogen-bond donors (Lipinski definition) is 2. The highest BCUT2D eigenvalue weighted by atomic mass is 32.2. The number of aliphatic hydroxyl groups is 1. The fourth-order valence-corrected chi connectivity index (χ4v) is 1.55. The van der Waals surface area contributed by atoms with Crippen LogP contribution in [0.4, 0.5) is 23.7 Å². The molecule has 0 spiro atoms. The summed E-state index contributed by atoms with van der Waals surface area (Å²) in [6.07, 6.45) is 0.954. The van der Waals surface area contributed by atoms with E-state index in [1.165, 1.54) is 19.1 Å². The number of carbonyl (C=O) groups excluding carboxylic acids is 2. The lowest BCUT2D eigenvalue weighted by Crippen LogP contribution is -2.19. The molecule has 0 aromatic heterocycles. The summed E-state index contributed by atoms with van der Waals surface area (Å²) in [6.45, 7) is 12.5. The molecule has 0 bridgehead atoms. The fourth-order valence-electron chi connectivity index (χ4n) is 1.55. The maximum absolute atomic E-state index is 12.4. The third-order valence-corrected chi connectivity index (χ3v) is 3.85. The SMILES string of the molecule is CCC(C)O.CCC(C)OC(=O)Nc1cccc(C(F)(F)F)c1.CCC(C)OC(C)=O.CSC. The Morgan fingerprint density at radius 2 is 1.44 bits per heavy atom. The fraction of sp³-hybridized carbons (Fsp3) is 0.667. The Kier molecular flexibility index (Phi) is 23.3. The lowest BCUT2D eigenvalue weighted by Gasteiger charge is -2.13. The number of aliphatic hydroxyl groups excluding tert-OH is 1. The molecule has 1 aromatic carbocycles. The molecule has 0 saturated carbocycles. The predicted molar refractivity (Wildman–Crippen MR) is 134 cm³/mol. The molecule has 34 heavy (non-hydrogen) atoms. The average molecular weight is 514 g/mol. The van der Waals surface area contributed by atoms with Crippen LogP contribution in [0.3, 0.4) is 0 Å². The summed E-state index contributed by atoms with van der Waals surface area (Å²) in [5, 5.41) is 10.6. The van der Waals surface area contributed by atoms with Crippen LogP contribution in [0, 0.1) is 0 Å². The minimum absolute atomic E-state index is 0.0538. The number of nitrogens with one attached hydrogen (secondary N) is 1. The number of benzene rings is 1. The number of carbonyl (C=O) groups is 2. The van der Waals surface area contributed by atoms with Crippen molar-refractivity contribution in [3.8, 4) is 0 Å². The number of rotatable bonds is 6. The summed E-state index contributed by atoms with van der Waals surface area (Å²) >= 11 is 1.75. The number of alkyl halides is 3. The van der Waals surface area contributed by atoms with Crippen LogP contribution in [-0.4, -0.2) is 48.0 Å². The largest absolute Gasteiger partial charge is 0.463 e. The van der Waals surface area contributed by atoms with Crippen molar-refractivity contribution in [1.29, 1.82) is 0 Å². The molecule has 0 aliphatic rings. The van der Waals surface area contributed by atoms with Gasteiger partial charge in [0.2, 0.25) is 0 Å². The van der Waals surface area contributed by atoms with Crippen LogP contribution < -0.4 is 5.32 Å². The molecule has 0 heterocycles. The van der Waals surface area contributed by atoms with Gasteiger partial charge in [0, 0.05) is 12.6 Å². The molecule has 3 atom stereocenters. The van der Waals surface area contributed by atoms with Crippen molar-refractivity contribution in [2.24, 2.45) is 0 Å². The van der Waals surface area contributed by atoms with Gasteiger partial charge in [-0.1, -0.05) is 26.8 Å². The number of thioether (sulfide) groups is 1. The molecular formula is C24H42F3NO5S. The first-order chi connectivity index (χ1) is 15.7. The molecule has 2 N–H and O–H groups in total. The molecule has 1 rings (SSSR count). The van der Waals surface area contributed by atoms with Crippen molar-refractivity contribution in [2.75, 3.05) is 17.8 Å². The molecule has 1 aromatic rings. The summed E-state index contributed by atoms with van der Waals surface area (Å²) in [6, 6.07) is 4.39. The first-order valence-corrected chi connectivity index (χ1v) is 12.7. The van der Waals surface area contributed by atoms with Gasteiger partial charge in [-0.3, -0.25) is 10.1 Å². The van der Waals surface area contributed by atoms with E-state index in [0.717, 1.165) is 25.0 Å². The molecular weight excluding hydrogens is 471 g/mol. The molecule has 3 unspecified atom stereocenters. The van der Waals surface area contributed by atoms with Gasteiger partial charge in [0.1, 0.15) is 6.10 Å². The second-order valence-corrected chi connectivity index (χ2v) is 8.14. The Hall–Kier alpha value is -1.94. The Labute approximate surface area is 207 Å². The number of hydrogen-bond acceptors (Lipinski definition) is 6. The minimum Gasteiger partial charge on any atom is -0.463 e. The van der Waals surface area contributed by atoms with Gasteiger partial charge >= 0.3 is 18.2 Å². The van der Waals surface area contributed by atoms with Crippen molar-refractivity contribution in [3.05, 3.63) is 29.8 Å². The minimum atomic E-state index is -4.43. The third kappa shape index (κ3) is 24.7. The number of esters is 1. The molecule has 6 nitrogen and oxygen atoms in total. The lowest BCUT2D eigenvalue weighted by atomic mass is 10.2. The van der Waals surface area contributed by atoms with E-state index in [9.17, 15) is 22.8 Å². The van der Waals surface area contributed by atoms with Gasteiger partial charge < -0.3 is 14.6 Å². The van der Waals surface area contributed by atoms with Crippen LogP contribution in [0.15, 0.2) is 24.3 Å². The Morgan fingerprint density at radius 3 is 1.76 bits per heavy atom. The second kappa shape index (κ2) is 21.6. The van der Waals surface area contributed by atoms with E-state index in [-0.39, 0.29) is 30.0 Å². The summed E-state index contributed by atoms with van der Waals surface area (Å²) in [5.74, 6) is -0.195. The van der Waals surface area contributed by atoms with Crippen LogP contribution in [0.2, 0.25) is 0 Å². The molecule has 0 radical (unpaired) electrons. The number of halogens is 3. The van der Waals surface area contributed by atoms with Crippen LogP contribution in [-0.2, 0) is 20.4 Å². The van der Waals surface area contributed by atoms with E-state index in [4.69, 9.17) is 14.6 Å². The topological polar surface area (TPSA) is 84.9 Å². The molecule has 10 heteroatoms. The van der Waals surface area contributed by atoms with Crippen molar-refractivity contribution in [3.63, 3.8) is 0 Å². The molecule has 200 valence electrons. The van der Waals surface area contributed by atoms with Crippen LogP contribution in [0.1, 0.15) is 73.3 Å². The maximum Gasteiger partial charge on any atom is 0.416 e. The van der Waals surface area contributed by atoms with E-state index >= 15 is 0 Å². The van der Waals surface area contributed by atoms with E-state index in [0.29, 0.717) is 6.42 Å². The summed E-state index contributed by atoms with van der Waals surface area (Å²) in [4.78, 5) is 21.5. The highest BCUT2D eigenvalue weighted by Gasteiger charge is 2.30. The van der Waals surface area contributed by atoms with E-state index in [2.05, 4.69) is 5.32 Å². The Bertz CT molecular complexity index is 658. The maximum atomic E-state index is 12.4. The zero-order valence-electron chi connectivity index (χ0n) is 21.8. The van der Waals surface area contributed by atoms with E-state index in [1.54, 1.807) is 25.6 Å². The third-order valence-electron chi connectivity index (χ3n) is 3.85. The van der Waals surface area contributed by atoms with Crippen molar-refractivity contribution in [2.45, 2.75) is 92.2 Å². The summed E-state index contributed by atoms with van der Waals surface area (Å²) in [7, 11) is 0. The first-order valence-electron chi connectivity index (χ1n) is 11.1. The monoisotopic (exact) mass is 513 g/mol. The zero-order chi connectivity index (χ0) is 27.3. The van der Waals surface area contributed by atoms with Gasteiger partial charge in [-0.15, -0.1) is 0 Å². The quantitative estimate of drug-likeness (QED) is 0.393. The molecule has 0 aliphatic carbocycles. The highest BCUT2D eigenvalue weighted by molar-refractivity contribution is 7.97. The van der Waals surface area contributed by atoms with Gasteiger partial charge in [0.25, 0.3) is 0 Å². The van der Waals surface area contributed by atoms with Crippen molar-refractivity contribution >= 4 is 29.5 Å². The zero-order valence-corrected chi connectivity index (χ0v) is 22.6. The van der Waals surface area contributed by atoms with Gasteiger partial charge in [-0.25, -0.2) is 4.79 Å². The second-order valence-electron chi connectivity index (χ2n) is 7.32. The van der Waals surface area contributed by atoms with Crippen molar-refractivity contribution < 1.29 is 37.3 Å². The van der Waals surface area contributed by atoms with Gasteiger partial charge in [0.05, 0.1) is 17.8 Å². The number of ether oxygens (including phenoxy) is 2. The molecule has 0 fully saturated rings. The smallest absolute Gasteiger partial charge is 0.416 e. The number of amides is 1. The Balaban J connectivity index is -0.000000495. The standard InChI is InChI=1S/C12H14F3NO2.C6H12O2.C4H10O.C2H6S/c1-3-8(2)18-11(17)16-10-6-4-5-9(7-10)12(13,14)15;1-4-5(2)8-6(3)7;1-3-4(2)5;1-3-2/h4-8H,3H2,1-2H3,(H,16,17);5H,4H2,1-3H3;4-5H,3H2,1-2H3;1-2H3. The molecule has 0 saturated heterocycles. The average Bonchev–Trinajstić information content (AvgIpc) is 2.74. The number of anilines is 1. The van der Waals surface area contributed by atoms with Crippen molar-refractivity contribution in [1.82, 2.24) is 0 Å². The van der Waals surface area contributed by atoms with E-state index < -0.39 is 17.8 Å². The molecule has 0 aliphatic heterocycles. The first kappa shape index (κ1) is 36.6. The van der Waals surface area contributed by atoms with Gasteiger partial charge in [-0.2, -0.15) is 24.9 Å². The highest BCUT2D eigenvalue weighted by Crippen LogP contribution is 2.30. The summed E-state index contributed by atoms with van der Waals surface area (Å²) in [5.41, 5.74) is -0.762. The van der Waals surface area contributed by atoms with E-state index in [1.807, 2.05) is 40.2 Å². The predicted octanol–water partition coefficient (Wildman–Crippen LogP) is 7.16. The van der Waals surface area contributed by atoms with Gasteiger partial charge in [-0.05, 0) is 70.7 Å². The summed E-state index contributed by atoms with van der Waals surface area (Å²) < 4.78 is 46.9. The Morgan fingerprint density at radius 1 is 1.00 bits per heavy atom. The molecule has 1 amide bonds. The van der Waals surface area contributed by atoms with Gasteiger partial charge in [0.15, 0.2) is 0 Å². The van der Waals surface area contributed by atoms with Crippen LogP contribution in [0.5, 0.6) is 0 Å². The van der Waals surface area contributed by atoms with Crippen LogP contribution in [0.25, 0.3) is 0 Å². The normalized spacial score (nSPS) is 12.6. The van der Waals surface area contributed by atoms with Crippen LogP contribution >= 0.6 is 11.8 Å².